The number of ether oxygens (including phenoxy) is 2. The van der Waals surface area contributed by atoms with Gasteiger partial charge >= 0.3 is 0 Å². The van der Waals surface area contributed by atoms with Gasteiger partial charge in [-0.25, -0.2) is 4.39 Å². The maximum absolute atomic E-state index is 13.7. The number of nitrogens with zero attached hydrogens (tertiary/aromatic N) is 1. The lowest BCUT2D eigenvalue weighted by Crippen LogP contribution is -2.32. The standard InChI is InChI=1S/C15H22FNO2/c1-18-9-7-17(10-13-6-8-19-12-13)11-14-4-2-3-5-15(14)16/h2-5,13H,6-12H2,1H3/t13-/m0/s1. The summed E-state index contributed by atoms with van der Waals surface area (Å²) in [6.07, 6.45) is 1.10. The normalized spacial score (nSPS) is 19.2. The van der Waals surface area contributed by atoms with Crippen LogP contribution in [0.2, 0.25) is 0 Å². The van der Waals surface area contributed by atoms with E-state index in [2.05, 4.69) is 4.90 Å². The first-order valence-corrected chi connectivity index (χ1v) is 6.82. The van der Waals surface area contributed by atoms with Crippen molar-refractivity contribution in [3.05, 3.63) is 35.6 Å². The smallest absolute Gasteiger partial charge is 0.127 e. The first kappa shape index (κ1) is 14.4. The van der Waals surface area contributed by atoms with Gasteiger partial charge in [0.25, 0.3) is 0 Å². The van der Waals surface area contributed by atoms with E-state index in [9.17, 15) is 4.39 Å². The highest BCUT2D eigenvalue weighted by Gasteiger charge is 2.19. The summed E-state index contributed by atoms with van der Waals surface area (Å²) in [5, 5.41) is 0. The van der Waals surface area contributed by atoms with E-state index in [1.165, 1.54) is 6.07 Å². The molecule has 0 bridgehead atoms. The summed E-state index contributed by atoms with van der Waals surface area (Å²) < 4.78 is 24.2. The molecule has 0 amide bonds. The van der Waals surface area contributed by atoms with Gasteiger partial charge in [0.2, 0.25) is 0 Å². The summed E-state index contributed by atoms with van der Waals surface area (Å²) in [6.45, 7) is 4.73. The molecule has 0 saturated carbocycles. The van der Waals surface area contributed by atoms with Crippen molar-refractivity contribution >= 4 is 0 Å². The fourth-order valence-corrected chi connectivity index (χ4v) is 2.42. The molecule has 106 valence electrons. The number of benzene rings is 1. The Hall–Kier alpha value is -0.970. The first-order valence-electron chi connectivity index (χ1n) is 6.82. The predicted octanol–water partition coefficient (Wildman–Crippen LogP) is 2.31. The molecule has 1 heterocycles. The molecular weight excluding hydrogens is 245 g/mol. The third kappa shape index (κ3) is 4.56. The summed E-state index contributed by atoms with van der Waals surface area (Å²) in [7, 11) is 1.69. The maximum Gasteiger partial charge on any atom is 0.127 e. The number of hydrogen-bond donors (Lipinski definition) is 0. The average molecular weight is 267 g/mol. The molecule has 3 nitrogen and oxygen atoms in total. The predicted molar refractivity (Wildman–Crippen MR) is 72.5 cm³/mol. The third-order valence-electron chi connectivity index (χ3n) is 3.50. The van der Waals surface area contributed by atoms with Crippen LogP contribution in [0.3, 0.4) is 0 Å². The van der Waals surface area contributed by atoms with Crippen molar-refractivity contribution in [3.63, 3.8) is 0 Å². The van der Waals surface area contributed by atoms with Gasteiger partial charge in [0, 0.05) is 38.9 Å². The molecule has 1 aromatic carbocycles. The van der Waals surface area contributed by atoms with E-state index in [0.717, 1.165) is 38.3 Å². The second-order valence-corrected chi connectivity index (χ2v) is 5.05. The lowest BCUT2D eigenvalue weighted by Gasteiger charge is -2.24. The van der Waals surface area contributed by atoms with Crippen LogP contribution < -0.4 is 0 Å². The highest BCUT2D eigenvalue weighted by molar-refractivity contribution is 5.17. The van der Waals surface area contributed by atoms with Crippen LogP contribution in [0.25, 0.3) is 0 Å². The SMILES string of the molecule is COCCN(Cc1ccccc1F)C[C@@H]1CCOC1. The lowest BCUT2D eigenvalue weighted by molar-refractivity contribution is 0.123. The van der Waals surface area contributed by atoms with Gasteiger partial charge < -0.3 is 9.47 Å². The molecule has 1 aliphatic rings. The highest BCUT2D eigenvalue weighted by atomic mass is 19.1. The summed E-state index contributed by atoms with van der Waals surface area (Å²) in [5.74, 6) is 0.427. The molecular formula is C15H22FNO2. The number of halogens is 1. The van der Waals surface area contributed by atoms with Crippen molar-refractivity contribution in [2.24, 2.45) is 5.92 Å². The van der Waals surface area contributed by atoms with Crippen LogP contribution in [0.4, 0.5) is 4.39 Å². The number of rotatable bonds is 7. The summed E-state index contributed by atoms with van der Waals surface area (Å²) >= 11 is 0. The van der Waals surface area contributed by atoms with E-state index < -0.39 is 0 Å². The molecule has 4 heteroatoms. The van der Waals surface area contributed by atoms with E-state index in [0.29, 0.717) is 19.1 Å². The van der Waals surface area contributed by atoms with Gasteiger partial charge in [-0.3, -0.25) is 4.90 Å². The van der Waals surface area contributed by atoms with Gasteiger partial charge in [-0.2, -0.15) is 0 Å². The van der Waals surface area contributed by atoms with Gasteiger partial charge in [0.15, 0.2) is 0 Å². The molecule has 1 fully saturated rings. The highest BCUT2D eigenvalue weighted by Crippen LogP contribution is 2.16. The van der Waals surface area contributed by atoms with Crippen molar-refractivity contribution in [2.75, 3.05) is 40.0 Å². The lowest BCUT2D eigenvalue weighted by atomic mass is 10.1. The zero-order valence-corrected chi connectivity index (χ0v) is 11.5. The minimum Gasteiger partial charge on any atom is -0.383 e. The van der Waals surface area contributed by atoms with E-state index >= 15 is 0 Å². The molecule has 1 aliphatic heterocycles. The number of methoxy groups -OCH3 is 1. The third-order valence-corrected chi connectivity index (χ3v) is 3.50. The van der Waals surface area contributed by atoms with Crippen LogP contribution in [-0.4, -0.2) is 44.9 Å². The Morgan fingerprint density at radius 2 is 2.26 bits per heavy atom. The molecule has 0 N–H and O–H groups in total. The molecule has 1 saturated heterocycles. The molecule has 2 rings (SSSR count). The molecule has 0 aromatic heterocycles. The maximum atomic E-state index is 13.7. The zero-order valence-electron chi connectivity index (χ0n) is 11.5. The Morgan fingerprint density at radius 3 is 2.95 bits per heavy atom. The molecule has 0 spiro atoms. The monoisotopic (exact) mass is 267 g/mol. The van der Waals surface area contributed by atoms with Gasteiger partial charge in [-0.05, 0) is 18.4 Å². The Bertz CT molecular complexity index is 380. The van der Waals surface area contributed by atoms with E-state index in [1.807, 2.05) is 12.1 Å². The second kappa shape index (κ2) is 7.58. The molecule has 19 heavy (non-hydrogen) atoms. The van der Waals surface area contributed by atoms with Gasteiger partial charge in [0.05, 0.1) is 13.2 Å². The molecule has 0 radical (unpaired) electrons. The van der Waals surface area contributed by atoms with Gasteiger partial charge in [0.1, 0.15) is 5.82 Å². The molecule has 1 aromatic rings. The van der Waals surface area contributed by atoms with Crippen LogP contribution in [0, 0.1) is 11.7 Å². The fraction of sp³-hybridized carbons (Fsp3) is 0.600. The average Bonchev–Trinajstić information content (AvgIpc) is 2.91. The van der Waals surface area contributed by atoms with Gasteiger partial charge in [-0.1, -0.05) is 18.2 Å². The van der Waals surface area contributed by atoms with Crippen LogP contribution in [0.1, 0.15) is 12.0 Å². The minimum atomic E-state index is -0.132. The van der Waals surface area contributed by atoms with Gasteiger partial charge in [-0.15, -0.1) is 0 Å². The van der Waals surface area contributed by atoms with E-state index in [4.69, 9.17) is 9.47 Å². The van der Waals surface area contributed by atoms with Crippen molar-refractivity contribution in [1.82, 2.24) is 4.90 Å². The molecule has 0 unspecified atom stereocenters. The number of hydrogen-bond acceptors (Lipinski definition) is 3. The topological polar surface area (TPSA) is 21.7 Å². The fourth-order valence-electron chi connectivity index (χ4n) is 2.42. The van der Waals surface area contributed by atoms with Crippen LogP contribution >= 0.6 is 0 Å². The minimum absolute atomic E-state index is 0.132. The van der Waals surface area contributed by atoms with Crippen LogP contribution in [0.5, 0.6) is 0 Å². The summed E-state index contributed by atoms with van der Waals surface area (Å²) in [4.78, 5) is 2.25. The van der Waals surface area contributed by atoms with Crippen molar-refractivity contribution < 1.29 is 13.9 Å². The quantitative estimate of drug-likeness (QED) is 0.756. The van der Waals surface area contributed by atoms with Crippen LogP contribution in [-0.2, 0) is 16.0 Å². The molecule has 1 atom stereocenters. The molecule has 0 aliphatic carbocycles. The van der Waals surface area contributed by atoms with Crippen molar-refractivity contribution in [3.8, 4) is 0 Å². The van der Waals surface area contributed by atoms with Crippen LogP contribution in [0.15, 0.2) is 24.3 Å². The van der Waals surface area contributed by atoms with E-state index in [1.54, 1.807) is 13.2 Å². The van der Waals surface area contributed by atoms with E-state index in [-0.39, 0.29) is 5.82 Å². The zero-order chi connectivity index (χ0) is 13.5. The van der Waals surface area contributed by atoms with Crippen molar-refractivity contribution in [2.45, 2.75) is 13.0 Å². The Kier molecular flexibility index (Phi) is 5.76. The Balaban J connectivity index is 1.94. The van der Waals surface area contributed by atoms with Crippen molar-refractivity contribution in [1.29, 1.82) is 0 Å². The Labute approximate surface area is 114 Å². The first-order chi connectivity index (χ1) is 9.29. The Morgan fingerprint density at radius 1 is 1.42 bits per heavy atom. The second-order valence-electron chi connectivity index (χ2n) is 5.05. The largest absolute Gasteiger partial charge is 0.383 e. The summed E-state index contributed by atoms with van der Waals surface area (Å²) in [5.41, 5.74) is 0.748. The summed E-state index contributed by atoms with van der Waals surface area (Å²) in [6, 6.07) is 6.97.